The van der Waals surface area contributed by atoms with E-state index in [0.717, 1.165) is 42.6 Å². The van der Waals surface area contributed by atoms with Gasteiger partial charge in [0.1, 0.15) is 6.61 Å². The standard InChI is InChI=1S/C24H32N2O2/c1-17-4-9-22(18(2)26-28-15-19-5-7-21(25)8-6-19)23(14-17)20-10-12-24(3,16-27)13-11-20/h4-9,14,20,27H,10-13,15-16,25H2,1-3H3/b26-18+. The minimum atomic E-state index is 0.0752. The molecule has 28 heavy (non-hydrogen) atoms. The molecule has 3 rings (SSSR count). The predicted molar refractivity (Wildman–Crippen MR) is 115 cm³/mol. The Morgan fingerprint density at radius 2 is 1.86 bits per heavy atom. The third-order valence-corrected chi connectivity index (χ3v) is 6.02. The summed E-state index contributed by atoms with van der Waals surface area (Å²) in [7, 11) is 0. The molecular weight excluding hydrogens is 348 g/mol. The number of oxime groups is 1. The van der Waals surface area contributed by atoms with E-state index >= 15 is 0 Å². The van der Waals surface area contributed by atoms with Gasteiger partial charge in [-0.25, -0.2) is 0 Å². The highest BCUT2D eigenvalue weighted by atomic mass is 16.6. The van der Waals surface area contributed by atoms with Crippen LogP contribution in [-0.2, 0) is 11.4 Å². The monoisotopic (exact) mass is 380 g/mol. The molecule has 3 N–H and O–H groups in total. The van der Waals surface area contributed by atoms with Gasteiger partial charge in [-0.1, -0.05) is 48.0 Å². The Bertz CT molecular complexity index is 819. The Kier molecular flexibility index (Phi) is 6.40. The first-order valence-electron chi connectivity index (χ1n) is 10.1. The lowest BCUT2D eigenvalue weighted by molar-refractivity contribution is 0.0934. The van der Waals surface area contributed by atoms with Crippen LogP contribution in [0.1, 0.15) is 67.7 Å². The van der Waals surface area contributed by atoms with Crippen LogP contribution >= 0.6 is 0 Å². The topological polar surface area (TPSA) is 67.8 Å². The van der Waals surface area contributed by atoms with Crippen LogP contribution in [0.3, 0.4) is 0 Å². The first-order chi connectivity index (χ1) is 13.4. The van der Waals surface area contributed by atoms with Crippen molar-refractivity contribution in [3.8, 4) is 0 Å². The molecule has 4 heteroatoms. The van der Waals surface area contributed by atoms with Crippen LogP contribution in [-0.4, -0.2) is 17.4 Å². The molecule has 0 saturated heterocycles. The van der Waals surface area contributed by atoms with Crippen LogP contribution in [0.5, 0.6) is 0 Å². The molecule has 0 unspecified atom stereocenters. The summed E-state index contributed by atoms with van der Waals surface area (Å²) < 4.78 is 0. The summed E-state index contributed by atoms with van der Waals surface area (Å²) in [6.07, 6.45) is 4.33. The van der Waals surface area contributed by atoms with Gasteiger partial charge in [-0.05, 0) is 74.1 Å². The number of nitrogen functional groups attached to an aromatic ring is 1. The fourth-order valence-corrected chi connectivity index (χ4v) is 4.00. The summed E-state index contributed by atoms with van der Waals surface area (Å²) in [6, 6.07) is 14.2. The van der Waals surface area contributed by atoms with E-state index in [1.54, 1.807) is 0 Å². The molecule has 0 bridgehead atoms. The summed E-state index contributed by atoms with van der Waals surface area (Å²) in [6.45, 7) is 7.05. The van der Waals surface area contributed by atoms with Crippen molar-refractivity contribution >= 4 is 11.4 Å². The Morgan fingerprint density at radius 3 is 2.50 bits per heavy atom. The number of aryl methyl sites for hydroxylation is 1. The minimum absolute atomic E-state index is 0.0752. The first-order valence-corrected chi connectivity index (χ1v) is 10.1. The average molecular weight is 381 g/mol. The van der Waals surface area contributed by atoms with Crippen LogP contribution < -0.4 is 5.73 Å². The number of hydrogen-bond donors (Lipinski definition) is 2. The van der Waals surface area contributed by atoms with Crippen LogP contribution in [0.2, 0.25) is 0 Å². The van der Waals surface area contributed by atoms with Gasteiger partial charge in [0.25, 0.3) is 0 Å². The van der Waals surface area contributed by atoms with Gasteiger partial charge < -0.3 is 15.7 Å². The van der Waals surface area contributed by atoms with Gasteiger partial charge in [0.05, 0.1) is 5.71 Å². The second-order valence-electron chi connectivity index (χ2n) is 8.53. The Balaban J connectivity index is 1.73. The maximum atomic E-state index is 9.66. The number of aliphatic hydroxyl groups excluding tert-OH is 1. The molecule has 1 aliphatic carbocycles. The van der Waals surface area contributed by atoms with Gasteiger partial charge in [0.2, 0.25) is 0 Å². The molecule has 0 spiro atoms. The quantitative estimate of drug-likeness (QED) is 0.412. The number of anilines is 1. The van der Waals surface area contributed by atoms with Gasteiger partial charge in [-0.2, -0.15) is 0 Å². The minimum Gasteiger partial charge on any atom is -0.399 e. The van der Waals surface area contributed by atoms with Crippen LogP contribution in [0, 0.1) is 12.3 Å². The molecule has 150 valence electrons. The third-order valence-electron chi connectivity index (χ3n) is 6.02. The van der Waals surface area contributed by atoms with E-state index in [-0.39, 0.29) is 12.0 Å². The highest BCUT2D eigenvalue weighted by molar-refractivity contribution is 5.99. The Hall–Kier alpha value is -2.33. The summed E-state index contributed by atoms with van der Waals surface area (Å²) in [5.41, 5.74) is 12.3. The van der Waals surface area contributed by atoms with E-state index in [0.29, 0.717) is 12.5 Å². The zero-order valence-electron chi connectivity index (χ0n) is 17.2. The smallest absolute Gasteiger partial charge is 0.142 e. The fourth-order valence-electron chi connectivity index (χ4n) is 4.00. The number of nitrogens with zero attached hydrogens (tertiary/aromatic N) is 1. The van der Waals surface area contributed by atoms with E-state index in [9.17, 15) is 5.11 Å². The van der Waals surface area contributed by atoms with Crippen molar-refractivity contribution in [1.29, 1.82) is 0 Å². The van der Waals surface area contributed by atoms with Crippen LogP contribution in [0.15, 0.2) is 47.6 Å². The molecule has 1 saturated carbocycles. The van der Waals surface area contributed by atoms with Crippen molar-refractivity contribution in [3.63, 3.8) is 0 Å². The lowest BCUT2D eigenvalue weighted by atomic mass is 9.69. The van der Waals surface area contributed by atoms with E-state index in [1.165, 1.54) is 16.7 Å². The van der Waals surface area contributed by atoms with Gasteiger partial charge in [0.15, 0.2) is 0 Å². The number of hydrogen-bond acceptors (Lipinski definition) is 4. The van der Waals surface area contributed by atoms with E-state index < -0.39 is 0 Å². The molecule has 0 aliphatic heterocycles. The molecule has 1 fully saturated rings. The number of aliphatic hydroxyl groups is 1. The molecule has 1 aliphatic rings. The van der Waals surface area contributed by atoms with E-state index in [4.69, 9.17) is 10.6 Å². The summed E-state index contributed by atoms with van der Waals surface area (Å²) >= 11 is 0. The van der Waals surface area contributed by atoms with Crippen molar-refractivity contribution in [2.24, 2.45) is 10.6 Å². The zero-order valence-corrected chi connectivity index (χ0v) is 17.2. The van der Waals surface area contributed by atoms with Crippen molar-refractivity contribution in [3.05, 3.63) is 64.7 Å². The van der Waals surface area contributed by atoms with Crippen LogP contribution in [0.25, 0.3) is 0 Å². The molecule has 0 aromatic heterocycles. The Morgan fingerprint density at radius 1 is 1.18 bits per heavy atom. The largest absolute Gasteiger partial charge is 0.399 e. The maximum Gasteiger partial charge on any atom is 0.142 e. The first kappa shape index (κ1) is 20.4. The van der Waals surface area contributed by atoms with Crippen molar-refractivity contribution in [1.82, 2.24) is 0 Å². The van der Waals surface area contributed by atoms with E-state index in [2.05, 4.69) is 37.2 Å². The Labute approximate surface area is 168 Å². The number of rotatable bonds is 6. The van der Waals surface area contributed by atoms with Gasteiger partial charge in [-0.15, -0.1) is 0 Å². The molecule has 2 aromatic rings. The molecular formula is C24H32N2O2. The molecule has 0 atom stereocenters. The van der Waals surface area contributed by atoms with Gasteiger partial charge >= 0.3 is 0 Å². The fraction of sp³-hybridized carbons (Fsp3) is 0.458. The van der Waals surface area contributed by atoms with Crippen LogP contribution in [0.4, 0.5) is 5.69 Å². The van der Waals surface area contributed by atoms with Crippen molar-refractivity contribution < 1.29 is 9.94 Å². The summed E-state index contributed by atoms with van der Waals surface area (Å²) in [5, 5.41) is 14.0. The average Bonchev–Trinajstić information content (AvgIpc) is 2.70. The van der Waals surface area contributed by atoms with Gasteiger partial charge in [0, 0.05) is 17.9 Å². The molecule has 0 amide bonds. The van der Waals surface area contributed by atoms with E-state index in [1.807, 2.05) is 31.2 Å². The second kappa shape index (κ2) is 8.78. The zero-order chi connectivity index (χ0) is 20.1. The number of benzene rings is 2. The molecule has 4 nitrogen and oxygen atoms in total. The lowest BCUT2D eigenvalue weighted by Crippen LogP contribution is -2.27. The SMILES string of the molecule is C/C(=N\OCc1ccc(N)cc1)c1ccc(C)cc1C1CCC(C)(CO)CC1. The highest BCUT2D eigenvalue weighted by Crippen LogP contribution is 2.43. The summed E-state index contributed by atoms with van der Waals surface area (Å²) in [4.78, 5) is 5.61. The second-order valence-corrected chi connectivity index (χ2v) is 8.53. The normalized spacial score (nSPS) is 22.9. The van der Waals surface area contributed by atoms with Gasteiger partial charge in [-0.3, -0.25) is 0 Å². The maximum absolute atomic E-state index is 9.66. The third kappa shape index (κ3) is 4.93. The number of nitrogens with two attached hydrogens (primary N) is 1. The van der Waals surface area contributed by atoms with Crippen molar-refractivity contribution in [2.45, 2.75) is 59.0 Å². The van der Waals surface area contributed by atoms with Crippen molar-refractivity contribution in [2.75, 3.05) is 12.3 Å². The molecule has 0 heterocycles. The molecule has 0 radical (unpaired) electrons. The molecule has 2 aromatic carbocycles. The highest BCUT2D eigenvalue weighted by Gasteiger charge is 2.32. The summed E-state index contributed by atoms with van der Waals surface area (Å²) in [5.74, 6) is 0.511. The lowest BCUT2D eigenvalue weighted by Gasteiger charge is -2.36. The predicted octanol–water partition coefficient (Wildman–Crippen LogP) is 5.17.